The first-order chi connectivity index (χ1) is 9.03. The Hall–Kier alpha value is -1.36. The molecule has 0 radical (unpaired) electrons. The van der Waals surface area contributed by atoms with Gasteiger partial charge in [0.2, 0.25) is 5.91 Å². The molecule has 0 saturated carbocycles. The molecule has 1 aromatic rings. The van der Waals surface area contributed by atoms with Gasteiger partial charge in [-0.3, -0.25) is 4.79 Å². The first kappa shape index (κ1) is 15.7. The number of nitrogens with zero attached hydrogens (tertiary/aromatic N) is 3. The zero-order valence-corrected chi connectivity index (χ0v) is 12.7. The van der Waals surface area contributed by atoms with Gasteiger partial charge in [-0.25, -0.2) is 9.97 Å². The van der Waals surface area contributed by atoms with Crippen LogP contribution >= 0.6 is 11.6 Å². The molecule has 1 amide bonds. The summed E-state index contributed by atoms with van der Waals surface area (Å²) in [5.74, 6) is 1.42. The van der Waals surface area contributed by atoms with Gasteiger partial charge in [-0.2, -0.15) is 0 Å². The third-order valence-electron chi connectivity index (χ3n) is 2.88. The standard InChI is InChI=1S/C13H21ClN4O/c1-5-7-10-16-12(14)9(3)13(17-10)18(6-2)8-11(19)15-4/h5-8H2,1-4H3,(H,15,19). The number of anilines is 1. The SMILES string of the molecule is CCCc1nc(Cl)c(C)c(N(CC)CC(=O)NC)n1. The Labute approximate surface area is 119 Å². The number of carbonyl (C=O) groups excluding carboxylic acids is 1. The number of hydrogen-bond acceptors (Lipinski definition) is 4. The van der Waals surface area contributed by atoms with Crippen molar-refractivity contribution < 1.29 is 4.79 Å². The predicted molar refractivity (Wildman–Crippen MR) is 77.7 cm³/mol. The molecule has 0 atom stereocenters. The summed E-state index contributed by atoms with van der Waals surface area (Å²) in [6.45, 7) is 6.89. The van der Waals surface area contributed by atoms with E-state index in [0.717, 1.165) is 30.0 Å². The molecule has 0 bridgehead atoms. The van der Waals surface area contributed by atoms with E-state index in [1.54, 1.807) is 7.05 Å². The first-order valence-corrected chi connectivity index (χ1v) is 6.89. The molecule has 1 rings (SSSR count). The molecule has 0 unspecified atom stereocenters. The largest absolute Gasteiger partial charge is 0.358 e. The highest BCUT2D eigenvalue weighted by molar-refractivity contribution is 6.30. The Morgan fingerprint density at radius 3 is 2.58 bits per heavy atom. The highest BCUT2D eigenvalue weighted by Gasteiger charge is 2.16. The molecule has 0 fully saturated rings. The topological polar surface area (TPSA) is 58.1 Å². The molecule has 106 valence electrons. The normalized spacial score (nSPS) is 10.4. The fourth-order valence-corrected chi connectivity index (χ4v) is 1.93. The van der Waals surface area contributed by atoms with E-state index in [1.807, 2.05) is 18.7 Å². The Morgan fingerprint density at radius 1 is 1.37 bits per heavy atom. The van der Waals surface area contributed by atoms with Crippen LogP contribution in [-0.2, 0) is 11.2 Å². The van der Waals surface area contributed by atoms with E-state index in [2.05, 4.69) is 22.2 Å². The van der Waals surface area contributed by atoms with Crippen molar-refractivity contribution in [1.29, 1.82) is 0 Å². The molecule has 0 aromatic carbocycles. The van der Waals surface area contributed by atoms with Crippen molar-refractivity contribution >= 4 is 23.3 Å². The van der Waals surface area contributed by atoms with Crippen LogP contribution in [0, 0.1) is 6.92 Å². The van der Waals surface area contributed by atoms with Gasteiger partial charge in [0, 0.05) is 25.6 Å². The van der Waals surface area contributed by atoms with Gasteiger partial charge in [0.15, 0.2) is 0 Å². The maximum atomic E-state index is 11.5. The summed E-state index contributed by atoms with van der Waals surface area (Å²) in [4.78, 5) is 22.2. The van der Waals surface area contributed by atoms with Gasteiger partial charge < -0.3 is 10.2 Å². The number of nitrogens with one attached hydrogen (secondary N) is 1. The highest BCUT2D eigenvalue weighted by atomic mass is 35.5. The van der Waals surface area contributed by atoms with Crippen molar-refractivity contribution in [3.8, 4) is 0 Å². The molecule has 5 nitrogen and oxygen atoms in total. The zero-order chi connectivity index (χ0) is 14.4. The van der Waals surface area contributed by atoms with E-state index in [4.69, 9.17) is 11.6 Å². The number of halogens is 1. The van der Waals surface area contributed by atoms with Gasteiger partial charge in [-0.05, 0) is 20.3 Å². The van der Waals surface area contributed by atoms with Crippen molar-refractivity contribution in [3.05, 3.63) is 16.5 Å². The molecule has 1 N–H and O–H groups in total. The van der Waals surface area contributed by atoms with E-state index >= 15 is 0 Å². The molecule has 1 heterocycles. The van der Waals surface area contributed by atoms with E-state index in [1.165, 1.54) is 0 Å². The summed E-state index contributed by atoms with van der Waals surface area (Å²) in [5, 5.41) is 3.08. The van der Waals surface area contributed by atoms with Crippen LogP contribution < -0.4 is 10.2 Å². The summed E-state index contributed by atoms with van der Waals surface area (Å²) in [7, 11) is 1.62. The lowest BCUT2D eigenvalue weighted by molar-refractivity contribution is -0.119. The summed E-state index contributed by atoms with van der Waals surface area (Å²) in [6, 6.07) is 0. The van der Waals surface area contributed by atoms with Crippen LogP contribution in [0.15, 0.2) is 0 Å². The van der Waals surface area contributed by atoms with Crippen LogP contribution in [-0.4, -0.2) is 36.0 Å². The smallest absolute Gasteiger partial charge is 0.239 e. The Morgan fingerprint density at radius 2 is 2.05 bits per heavy atom. The Balaban J connectivity index is 3.10. The quantitative estimate of drug-likeness (QED) is 0.812. The summed E-state index contributed by atoms with van der Waals surface area (Å²) < 4.78 is 0. The maximum Gasteiger partial charge on any atom is 0.239 e. The average molecular weight is 285 g/mol. The monoisotopic (exact) mass is 284 g/mol. The summed E-state index contributed by atoms with van der Waals surface area (Å²) >= 11 is 6.15. The third kappa shape index (κ3) is 4.06. The Kier molecular flexibility index (Phi) is 6.02. The molecule has 1 aromatic heterocycles. The van der Waals surface area contributed by atoms with Crippen molar-refractivity contribution in [1.82, 2.24) is 15.3 Å². The van der Waals surface area contributed by atoms with Crippen LogP contribution in [0.25, 0.3) is 0 Å². The molecule has 0 aliphatic carbocycles. The van der Waals surface area contributed by atoms with Crippen LogP contribution in [0.2, 0.25) is 5.15 Å². The molecule has 6 heteroatoms. The molecule has 0 spiro atoms. The average Bonchev–Trinajstić information content (AvgIpc) is 2.40. The second-order valence-corrected chi connectivity index (χ2v) is 4.67. The Bertz CT molecular complexity index is 451. The van der Waals surface area contributed by atoms with Crippen LogP contribution in [0.3, 0.4) is 0 Å². The van der Waals surface area contributed by atoms with Crippen molar-refractivity contribution in [2.24, 2.45) is 0 Å². The van der Waals surface area contributed by atoms with Gasteiger partial charge in [0.05, 0.1) is 6.54 Å². The van der Waals surface area contributed by atoms with E-state index in [9.17, 15) is 4.79 Å². The second kappa shape index (κ2) is 7.28. The van der Waals surface area contributed by atoms with Gasteiger partial charge >= 0.3 is 0 Å². The molecule has 0 saturated heterocycles. The highest BCUT2D eigenvalue weighted by Crippen LogP contribution is 2.23. The van der Waals surface area contributed by atoms with Crippen molar-refractivity contribution in [2.45, 2.75) is 33.6 Å². The third-order valence-corrected chi connectivity index (χ3v) is 3.24. The number of hydrogen-bond donors (Lipinski definition) is 1. The lowest BCUT2D eigenvalue weighted by Crippen LogP contribution is -2.36. The second-order valence-electron chi connectivity index (χ2n) is 4.32. The minimum Gasteiger partial charge on any atom is -0.358 e. The van der Waals surface area contributed by atoms with Crippen LogP contribution in [0.5, 0.6) is 0 Å². The summed E-state index contributed by atoms with van der Waals surface area (Å²) in [6.07, 6.45) is 1.74. The van der Waals surface area contributed by atoms with E-state index in [-0.39, 0.29) is 12.5 Å². The lowest BCUT2D eigenvalue weighted by Gasteiger charge is -2.23. The molecular formula is C13H21ClN4O. The number of aryl methyl sites for hydroxylation is 1. The van der Waals surface area contributed by atoms with Gasteiger partial charge in [-0.15, -0.1) is 0 Å². The van der Waals surface area contributed by atoms with Crippen molar-refractivity contribution in [2.75, 3.05) is 25.0 Å². The fourth-order valence-electron chi connectivity index (χ4n) is 1.75. The minimum atomic E-state index is -0.0481. The molecule has 19 heavy (non-hydrogen) atoms. The van der Waals surface area contributed by atoms with E-state index < -0.39 is 0 Å². The van der Waals surface area contributed by atoms with Crippen LogP contribution in [0.1, 0.15) is 31.7 Å². The number of likely N-dealkylation sites (N-methyl/N-ethyl adjacent to an activating group) is 2. The van der Waals surface area contributed by atoms with Gasteiger partial charge in [0.1, 0.15) is 16.8 Å². The van der Waals surface area contributed by atoms with Gasteiger partial charge in [0.25, 0.3) is 0 Å². The first-order valence-electron chi connectivity index (χ1n) is 6.51. The molecule has 0 aliphatic rings. The predicted octanol–water partition coefficient (Wildman–Crippen LogP) is 1.96. The molecular weight excluding hydrogens is 264 g/mol. The minimum absolute atomic E-state index is 0.0481. The van der Waals surface area contributed by atoms with E-state index in [0.29, 0.717) is 11.7 Å². The number of rotatable bonds is 6. The number of carbonyl (C=O) groups is 1. The van der Waals surface area contributed by atoms with Crippen molar-refractivity contribution in [3.63, 3.8) is 0 Å². The number of amides is 1. The zero-order valence-electron chi connectivity index (χ0n) is 12.0. The van der Waals surface area contributed by atoms with Gasteiger partial charge in [-0.1, -0.05) is 18.5 Å². The number of aromatic nitrogens is 2. The van der Waals surface area contributed by atoms with Crippen LogP contribution in [0.4, 0.5) is 5.82 Å². The summed E-state index contributed by atoms with van der Waals surface area (Å²) in [5.41, 5.74) is 0.812. The maximum absolute atomic E-state index is 11.5. The lowest BCUT2D eigenvalue weighted by atomic mass is 10.2. The fraction of sp³-hybridized carbons (Fsp3) is 0.615. The molecule has 0 aliphatic heterocycles.